The van der Waals surface area contributed by atoms with E-state index in [1.165, 1.54) is 0 Å². The molecule has 1 aromatic carbocycles. The van der Waals surface area contributed by atoms with Gasteiger partial charge in [0.15, 0.2) is 0 Å². The highest BCUT2D eigenvalue weighted by molar-refractivity contribution is 14.1. The molecule has 0 amide bonds. The number of para-hydroxylation sites is 1. The van der Waals surface area contributed by atoms with Gasteiger partial charge in [-0.05, 0) is 12.1 Å². The molecule has 0 saturated heterocycles. The summed E-state index contributed by atoms with van der Waals surface area (Å²) in [5, 5.41) is 0. The predicted molar refractivity (Wildman–Crippen MR) is 65.4 cm³/mol. The lowest BCUT2D eigenvalue weighted by atomic mass is 10.3. The monoisotopic (exact) mass is 346 g/mol. The summed E-state index contributed by atoms with van der Waals surface area (Å²) in [4.78, 5) is 0. The largest absolute Gasteiger partial charge is 0.476 e. The molecule has 0 saturated carbocycles. The molecule has 0 spiro atoms. The van der Waals surface area contributed by atoms with E-state index in [1.54, 1.807) is 24.3 Å². The van der Waals surface area contributed by atoms with Crippen LogP contribution in [0.25, 0.3) is 0 Å². The molecule has 0 fully saturated rings. The van der Waals surface area contributed by atoms with Crippen molar-refractivity contribution in [2.24, 2.45) is 0 Å². The van der Waals surface area contributed by atoms with E-state index in [0.29, 0.717) is 16.8 Å². The van der Waals surface area contributed by atoms with Crippen LogP contribution in [0.15, 0.2) is 30.3 Å². The summed E-state index contributed by atoms with van der Waals surface area (Å²) in [6, 6.07) is 8.71. The van der Waals surface area contributed by atoms with Crippen molar-refractivity contribution in [1.82, 2.24) is 0 Å². The zero-order chi connectivity index (χ0) is 10.4. The third kappa shape index (κ3) is 4.64. The van der Waals surface area contributed by atoms with Gasteiger partial charge in [0, 0.05) is 15.7 Å². The molecule has 1 unspecified atom stereocenters. The molecule has 1 atom stereocenters. The first-order valence-electron chi connectivity index (χ1n) is 3.89. The van der Waals surface area contributed by atoms with Gasteiger partial charge in [0.05, 0.1) is 6.61 Å². The maximum atomic E-state index is 11.5. The highest BCUT2D eigenvalue weighted by Gasteiger charge is 2.21. The number of halogens is 2. The van der Waals surface area contributed by atoms with Crippen LogP contribution in [-0.2, 0) is 9.09 Å². The van der Waals surface area contributed by atoms with Gasteiger partial charge in [-0.1, -0.05) is 40.8 Å². The summed E-state index contributed by atoms with van der Waals surface area (Å²) in [6.07, 6.45) is 0. The normalized spacial score (nSPS) is 14.7. The Labute approximate surface area is 101 Å². The van der Waals surface area contributed by atoms with Crippen molar-refractivity contribution in [1.29, 1.82) is 0 Å². The predicted octanol–water partition coefficient (Wildman–Crippen LogP) is 3.86. The molecule has 0 radical (unpaired) electrons. The fourth-order valence-corrected chi connectivity index (χ4v) is 2.53. The summed E-state index contributed by atoms with van der Waals surface area (Å²) in [6.45, 7) is -3.15. The Bertz CT molecular complexity index is 320. The molecule has 0 aliphatic carbocycles. The van der Waals surface area contributed by atoms with Gasteiger partial charge in [0.25, 0.3) is 0 Å². The topological polar surface area (TPSA) is 35.5 Å². The Morgan fingerprint density at radius 2 is 2.00 bits per heavy atom. The molecule has 0 aromatic heterocycles. The fraction of sp³-hybridized carbons (Fsp3) is 0.250. The van der Waals surface area contributed by atoms with Crippen molar-refractivity contribution in [3.8, 4) is 5.75 Å². The average molecular weight is 346 g/mol. The number of hydrogen-bond acceptors (Lipinski definition) is 3. The third-order valence-corrected chi connectivity index (χ3v) is 3.14. The number of hydrogen-bond donors (Lipinski definition) is 0. The molecule has 1 aromatic rings. The summed E-state index contributed by atoms with van der Waals surface area (Å²) in [7, 11) is 0. The van der Waals surface area contributed by atoms with E-state index in [9.17, 15) is 4.57 Å². The van der Waals surface area contributed by atoms with Crippen LogP contribution in [0.5, 0.6) is 5.75 Å². The van der Waals surface area contributed by atoms with E-state index in [-0.39, 0.29) is 0 Å². The van der Waals surface area contributed by atoms with Crippen molar-refractivity contribution in [2.75, 3.05) is 11.0 Å². The van der Waals surface area contributed by atoms with E-state index in [1.807, 2.05) is 6.07 Å². The smallest absolute Gasteiger partial charge is 0.413 e. The van der Waals surface area contributed by atoms with Gasteiger partial charge < -0.3 is 4.52 Å². The second-order valence-electron chi connectivity index (χ2n) is 2.36. The molecule has 78 valence electrons. The molecule has 0 aliphatic heterocycles. The van der Waals surface area contributed by atoms with Gasteiger partial charge in [-0.15, -0.1) is 0 Å². The van der Waals surface area contributed by atoms with Crippen LogP contribution < -0.4 is 4.52 Å². The first-order chi connectivity index (χ1) is 6.64. The van der Waals surface area contributed by atoms with Gasteiger partial charge in [-0.2, -0.15) is 0 Å². The van der Waals surface area contributed by atoms with E-state index < -0.39 is 6.95 Å². The van der Waals surface area contributed by atoms with Gasteiger partial charge in [-0.3, -0.25) is 4.52 Å². The Balaban J connectivity index is 2.55. The Kier molecular flexibility index (Phi) is 5.23. The molecule has 6 heteroatoms. The minimum Gasteiger partial charge on any atom is -0.413 e. The lowest BCUT2D eigenvalue weighted by Crippen LogP contribution is -1.95. The highest BCUT2D eigenvalue weighted by Crippen LogP contribution is 2.53. The summed E-state index contributed by atoms with van der Waals surface area (Å²) >= 11 is 7.66. The van der Waals surface area contributed by atoms with E-state index >= 15 is 0 Å². The Morgan fingerprint density at radius 3 is 2.57 bits per heavy atom. The molecule has 0 aliphatic rings. The van der Waals surface area contributed by atoms with Gasteiger partial charge in [0.2, 0.25) is 0 Å². The second kappa shape index (κ2) is 5.95. The summed E-state index contributed by atoms with van der Waals surface area (Å²) in [5.74, 6) is 0.444. The molecule has 14 heavy (non-hydrogen) atoms. The van der Waals surface area contributed by atoms with Crippen LogP contribution in [0.4, 0.5) is 0 Å². The number of benzene rings is 1. The zero-order valence-corrected chi connectivity index (χ0v) is 11.0. The van der Waals surface area contributed by atoms with Crippen LogP contribution in [0.2, 0.25) is 0 Å². The number of alkyl halides is 1. The van der Waals surface area contributed by atoms with Crippen molar-refractivity contribution in [2.45, 2.75) is 0 Å². The van der Waals surface area contributed by atoms with Crippen molar-refractivity contribution in [3.05, 3.63) is 30.3 Å². The van der Waals surface area contributed by atoms with Crippen LogP contribution >= 0.6 is 40.8 Å². The molecule has 0 heterocycles. The lowest BCUT2D eigenvalue weighted by Gasteiger charge is -2.11. The second-order valence-corrected chi connectivity index (χ2v) is 5.98. The van der Waals surface area contributed by atoms with Gasteiger partial charge >= 0.3 is 6.95 Å². The average Bonchev–Trinajstić information content (AvgIpc) is 2.16. The quantitative estimate of drug-likeness (QED) is 0.461. The first kappa shape index (κ1) is 12.3. The lowest BCUT2D eigenvalue weighted by molar-refractivity contribution is 0.299. The molecular formula is C8H9ClIO3P. The van der Waals surface area contributed by atoms with Crippen LogP contribution in [0.3, 0.4) is 0 Å². The maximum Gasteiger partial charge on any atom is 0.476 e. The molecule has 1 rings (SSSR count). The standard InChI is InChI=1S/C8H9ClIO3P/c9-14(11,12-7-6-10)13-8-4-2-1-3-5-8/h1-5H,6-7H2. The number of rotatable bonds is 5. The van der Waals surface area contributed by atoms with Gasteiger partial charge in [0.1, 0.15) is 5.75 Å². The summed E-state index contributed by atoms with van der Waals surface area (Å²) < 4.78 is 22.0. The van der Waals surface area contributed by atoms with Gasteiger partial charge in [-0.25, -0.2) is 4.57 Å². The van der Waals surface area contributed by atoms with Crippen molar-refractivity contribution in [3.63, 3.8) is 0 Å². The Hall–Kier alpha value is 0.230. The zero-order valence-electron chi connectivity index (χ0n) is 7.23. The van der Waals surface area contributed by atoms with E-state index in [2.05, 4.69) is 22.6 Å². The molecule has 3 nitrogen and oxygen atoms in total. The highest BCUT2D eigenvalue weighted by atomic mass is 127. The van der Waals surface area contributed by atoms with Crippen LogP contribution in [-0.4, -0.2) is 11.0 Å². The third-order valence-electron chi connectivity index (χ3n) is 1.28. The van der Waals surface area contributed by atoms with E-state index in [4.69, 9.17) is 20.3 Å². The van der Waals surface area contributed by atoms with E-state index in [0.717, 1.165) is 0 Å². The Morgan fingerprint density at radius 1 is 1.36 bits per heavy atom. The summed E-state index contributed by atoms with van der Waals surface area (Å²) in [5.41, 5.74) is 0. The minimum atomic E-state index is -3.46. The van der Waals surface area contributed by atoms with Crippen LogP contribution in [0, 0.1) is 0 Å². The van der Waals surface area contributed by atoms with Crippen molar-refractivity contribution >= 4 is 40.8 Å². The van der Waals surface area contributed by atoms with Crippen molar-refractivity contribution < 1.29 is 13.6 Å². The fourth-order valence-electron chi connectivity index (χ4n) is 0.777. The first-order valence-corrected chi connectivity index (χ1v) is 7.86. The van der Waals surface area contributed by atoms with Crippen LogP contribution in [0.1, 0.15) is 0 Å². The minimum absolute atomic E-state index is 0.314. The molecule has 0 bridgehead atoms. The SMILES string of the molecule is O=P(Cl)(OCCI)Oc1ccccc1. The molecular weight excluding hydrogens is 337 g/mol. The molecule has 0 N–H and O–H groups in total. The maximum absolute atomic E-state index is 11.5.